The Bertz CT molecular complexity index is 701. The number of nitrogens with zero attached hydrogens (tertiary/aromatic N) is 3. The van der Waals surface area contributed by atoms with E-state index in [9.17, 15) is 4.79 Å². The molecule has 25 heavy (non-hydrogen) atoms. The van der Waals surface area contributed by atoms with Crippen LogP contribution in [-0.4, -0.2) is 47.3 Å². The summed E-state index contributed by atoms with van der Waals surface area (Å²) < 4.78 is 11.0. The number of benzene rings is 1. The molecule has 0 bridgehead atoms. The largest absolute Gasteiger partial charge is 0.497 e. The molecule has 0 radical (unpaired) electrons. The van der Waals surface area contributed by atoms with Gasteiger partial charge in [0.2, 0.25) is 11.8 Å². The smallest absolute Gasteiger partial charge is 0.233 e. The first-order chi connectivity index (χ1) is 12.1. The number of carbonyl (C=O) groups is 1. The first-order valence-electron chi connectivity index (χ1n) is 8.52. The third-order valence-electron chi connectivity index (χ3n) is 4.31. The van der Waals surface area contributed by atoms with Crippen molar-refractivity contribution in [1.29, 1.82) is 0 Å². The Balaban J connectivity index is 1.56. The van der Waals surface area contributed by atoms with Crippen molar-refractivity contribution in [3.63, 3.8) is 0 Å². The molecule has 1 fully saturated rings. The summed E-state index contributed by atoms with van der Waals surface area (Å²) in [5.74, 6) is 1.43. The molecule has 2 aromatic rings. The van der Waals surface area contributed by atoms with Crippen molar-refractivity contribution >= 4 is 5.91 Å². The number of methoxy groups -OCH3 is 1. The molecule has 1 aliphatic rings. The monoisotopic (exact) mass is 341 g/mol. The first kappa shape index (κ1) is 17.2. The average Bonchev–Trinajstić information content (AvgIpc) is 2.64. The summed E-state index contributed by atoms with van der Waals surface area (Å²) in [4.78, 5) is 14.5. The second-order valence-electron chi connectivity index (χ2n) is 6.26. The van der Waals surface area contributed by atoms with Crippen LogP contribution in [0.3, 0.4) is 0 Å². The van der Waals surface area contributed by atoms with E-state index in [0.29, 0.717) is 18.8 Å². The van der Waals surface area contributed by atoms with Crippen LogP contribution < -0.4 is 9.47 Å². The van der Waals surface area contributed by atoms with Gasteiger partial charge in [-0.3, -0.25) is 4.79 Å². The van der Waals surface area contributed by atoms with Crippen LogP contribution in [-0.2, 0) is 11.2 Å². The van der Waals surface area contributed by atoms with Gasteiger partial charge >= 0.3 is 0 Å². The van der Waals surface area contributed by atoms with Crippen LogP contribution >= 0.6 is 0 Å². The van der Waals surface area contributed by atoms with Crippen LogP contribution in [0.5, 0.6) is 11.6 Å². The van der Waals surface area contributed by atoms with Crippen LogP contribution in [0.15, 0.2) is 36.4 Å². The fourth-order valence-electron chi connectivity index (χ4n) is 2.91. The molecule has 1 saturated heterocycles. The maximum atomic E-state index is 12.6. The summed E-state index contributed by atoms with van der Waals surface area (Å²) >= 11 is 0. The van der Waals surface area contributed by atoms with Crippen LogP contribution in [0, 0.1) is 6.92 Å². The predicted molar refractivity (Wildman–Crippen MR) is 93.7 cm³/mol. The van der Waals surface area contributed by atoms with Gasteiger partial charge in [0, 0.05) is 12.6 Å². The lowest BCUT2D eigenvalue weighted by Crippen LogP contribution is -2.45. The number of hydrogen-bond acceptors (Lipinski definition) is 5. The standard InChI is InChI=1S/C19H23N3O3/c1-14-5-10-18(21-20-14)25-17-4-3-11-22(13-17)19(23)12-15-6-8-16(24-2)9-7-15/h5-10,17H,3-4,11-13H2,1-2H3. The molecular formula is C19H23N3O3. The molecule has 0 N–H and O–H groups in total. The summed E-state index contributed by atoms with van der Waals surface area (Å²) in [5.41, 5.74) is 1.84. The molecule has 132 valence electrons. The third kappa shape index (κ3) is 4.68. The van der Waals surface area contributed by atoms with Crippen LogP contribution in [0.1, 0.15) is 24.1 Å². The minimum Gasteiger partial charge on any atom is -0.497 e. The lowest BCUT2D eigenvalue weighted by molar-refractivity contribution is -0.133. The van der Waals surface area contributed by atoms with Crippen LogP contribution in [0.25, 0.3) is 0 Å². The molecule has 3 rings (SSSR count). The van der Waals surface area contributed by atoms with Crippen molar-refractivity contribution < 1.29 is 14.3 Å². The van der Waals surface area contributed by atoms with E-state index in [4.69, 9.17) is 9.47 Å². The molecule has 1 atom stereocenters. The second kappa shape index (κ2) is 7.96. The molecular weight excluding hydrogens is 318 g/mol. The molecule has 0 saturated carbocycles. The Kier molecular flexibility index (Phi) is 5.48. The van der Waals surface area contributed by atoms with Gasteiger partial charge in [-0.1, -0.05) is 12.1 Å². The number of ether oxygens (including phenoxy) is 2. The first-order valence-corrected chi connectivity index (χ1v) is 8.52. The highest BCUT2D eigenvalue weighted by Gasteiger charge is 2.25. The van der Waals surface area contributed by atoms with Crippen LogP contribution in [0.2, 0.25) is 0 Å². The lowest BCUT2D eigenvalue weighted by Gasteiger charge is -2.32. The van der Waals surface area contributed by atoms with E-state index in [1.807, 2.05) is 48.2 Å². The maximum absolute atomic E-state index is 12.6. The van der Waals surface area contributed by atoms with Gasteiger partial charge in [0.15, 0.2) is 0 Å². The van der Waals surface area contributed by atoms with E-state index in [-0.39, 0.29) is 12.0 Å². The Labute approximate surface area is 147 Å². The molecule has 0 aliphatic carbocycles. The van der Waals surface area contributed by atoms with Gasteiger partial charge < -0.3 is 14.4 Å². The van der Waals surface area contributed by atoms with Gasteiger partial charge in [-0.05, 0) is 43.5 Å². The highest BCUT2D eigenvalue weighted by molar-refractivity contribution is 5.79. The summed E-state index contributed by atoms with van der Waals surface area (Å²) in [7, 11) is 1.63. The molecule has 1 unspecified atom stereocenters. The Morgan fingerprint density at radius 2 is 2.00 bits per heavy atom. The van der Waals surface area contributed by atoms with Gasteiger partial charge in [-0.15, -0.1) is 5.10 Å². The third-order valence-corrected chi connectivity index (χ3v) is 4.31. The lowest BCUT2D eigenvalue weighted by atomic mass is 10.1. The number of hydrogen-bond donors (Lipinski definition) is 0. The van der Waals surface area contributed by atoms with E-state index in [1.165, 1.54) is 0 Å². The molecule has 6 heteroatoms. The minimum absolute atomic E-state index is 0.0365. The molecule has 1 aliphatic heterocycles. The predicted octanol–water partition coefficient (Wildman–Crippen LogP) is 2.41. The highest BCUT2D eigenvalue weighted by atomic mass is 16.5. The zero-order chi connectivity index (χ0) is 17.6. The molecule has 0 spiro atoms. The van der Waals surface area contributed by atoms with Gasteiger partial charge in [-0.25, -0.2) is 0 Å². The van der Waals surface area contributed by atoms with Crippen molar-refractivity contribution in [1.82, 2.24) is 15.1 Å². The van der Waals surface area contributed by atoms with Crippen molar-refractivity contribution in [2.24, 2.45) is 0 Å². The van der Waals surface area contributed by atoms with Crippen molar-refractivity contribution in [2.75, 3.05) is 20.2 Å². The Hall–Kier alpha value is -2.63. The normalized spacial score (nSPS) is 17.2. The van der Waals surface area contributed by atoms with Crippen molar-refractivity contribution in [3.05, 3.63) is 47.7 Å². The van der Waals surface area contributed by atoms with Crippen LogP contribution in [0.4, 0.5) is 0 Å². The SMILES string of the molecule is COc1ccc(CC(=O)N2CCCC(Oc3ccc(C)nn3)C2)cc1. The zero-order valence-corrected chi connectivity index (χ0v) is 14.6. The number of aromatic nitrogens is 2. The van der Waals surface area contributed by atoms with E-state index < -0.39 is 0 Å². The number of carbonyl (C=O) groups excluding carboxylic acids is 1. The highest BCUT2D eigenvalue weighted by Crippen LogP contribution is 2.18. The molecule has 2 heterocycles. The number of aryl methyl sites for hydroxylation is 1. The Morgan fingerprint density at radius 3 is 2.68 bits per heavy atom. The van der Waals surface area contributed by atoms with E-state index in [0.717, 1.165) is 36.4 Å². The zero-order valence-electron chi connectivity index (χ0n) is 14.6. The number of piperidine rings is 1. The fraction of sp³-hybridized carbons (Fsp3) is 0.421. The topological polar surface area (TPSA) is 64.5 Å². The second-order valence-corrected chi connectivity index (χ2v) is 6.26. The van der Waals surface area contributed by atoms with Crippen molar-refractivity contribution in [2.45, 2.75) is 32.3 Å². The number of likely N-dealkylation sites (tertiary alicyclic amines) is 1. The van der Waals surface area contributed by atoms with E-state index in [2.05, 4.69) is 10.2 Å². The molecule has 1 aromatic heterocycles. The van der Waals surface area contributed by atoms with Gasteiger partial charge in [0.05, 0.1) is 25.8 Å². The van der Waals surface area contributed by atoms with Gasteiger partial charge in [0.25, 0.3) is 0 Å². The van der Waals surface area contributed by atoms with E-state index in [1.54, 1.807) is 7.11 Å². The fourth-order valence-corrected chi connectivity index (χ4v) is 2.91. The average molecular weight is 341 g/mol. The summed E-state index contributed by atoms with van der Waals surface area (Å²) in [6.07, 6.45) is 2.20. The summed E-state index contributed by atoms with van der Waals surface area (Å²) in [5, 5.41) is 8.04. The summed E-state index contributed by atoms with van der Waals surface area (Å²) in [6, 6.07) is 11.3. The quantitative estimate of drug-likeness (QED) is 0.836. The van der Waals surface area contributed by atoms with E-state index >= 15 is 0 Å². The molecule has 6 nitrogen and oxygen atoms in total. The molecule has 1 amide bonds. The van der Waals surface area contributed by atoms with Gasteiger partial charge in [0.1, 0.15) is 11.9 Å². The minimum atomic E-state index is -0.0365. The Morgan fingerprint density at radius 1 is 1.20 bits per heavy atom. The maximum Gasteiger partial charge on any atom is 0.233 e. The number of rotatable bonds is 5. The number of amides is 1. The molecule has 1 aromatic carbocycles. The summed E-state index contributed by atoms with van der Waals surface area (Å²) in [6.45, 7) is 3.25. The van der Waals surface area contributed by atoms with Crippen molar-refractivity contribution in [3.8, 4) is 11.6 Å². The van der Waals surface area contributed by atoms with Gasteiger partial charge in [-0.2, -0.15) is 5.10 Å².